The number of aliphatic hydroxyl groups is 1. The molecule has 3 rings (SSSR count). The summed E-state index contributed by atoms with van der Waals surface area (Å²) >= 11 is 0. The van der Waals surface area contributed by atoms with Crippen LogP contribution in [0.25, 0.3) is 11.3 Å². The maximum absolute atomic E-state index is 12.7. The van der Waals surface area contributed by atoms with Crippen molar-refractivity contribution in [3.63, 3.8) is 0 Å². The van der Waals surface area contributed by atoms with Crippen LogP contribution in [0.15, 0.2) is 54.6 Å². The zero-order chi connectivity index (χ0) is 18.7. The fraction of sp³-hybridized carbons (Fsp3) is 0.211. The van der Waals surface area contributed by atoms with Crippen LogP contribution < -0.4 is 4.74 Å². The van der Waals surface area contributed by atoms with Crippen molar-refractivity contribution in [3.05, 3.63) is 71.4 Å². The van der Waals surface area contributed by atoms with Gasteiger partial charge in [-0.2, -0.15) is 18.3 Å². The topological polar surface area (TPSA) is 47.3 Å². The monoisotopic (exact) mass is 362 g/mol. The highest BCUT2D eigenvalue weighted by molar-refractivity contribution is 5.60. The van der Waals surface area contributed by atoms with Gasteiger partial charge in [0.15, 0.2) is 0 Å². The molecule has 0 aliphatic heterocycles. The van der Waals surface area contributed by atoms with Crippen LogP contribution in [-0.2, 0) is 19.3 Å². The van der Waals surface area contributed by atoms with E-state index in [4.69, 9.17) is 4.74 Å². The summed E-state index contributed by atoms with van der Waals surface area (Å²) in [6, 6.07) is 13.9. The summed E-state index contributed by atoms with van der Waals surface area (Å²) in [5.74, 6) is 0.738. The van der Waals surface area contributed by atoms with Crippen molar-refractivity contribution >= 4 is 0 Å². The van der Waals surface area contributed by atoms with Crippen molar-refractivity contribution < 1.29 is 23.0 Å². The second-order valence-corrected chi connectivity index (χ2v) is 5.76. The molecule has 26 heavy (non-hydrogen) atoms. The summed E-state index contributed by atoms with van der Waals surface area (Å²) in [5.41, 5.74) is 1.90. The van der Waals surface area contributed by atoms with Crippen molar-refractivity contribution in [3.8, 4) is 17.0 Å². The molecular formula is C19H17F3N2O2. The van der Waals surface area contributed by atoms with Gasteiger partial charge in [-0.1, -0.05) is 24.3 Å². The van der Waals surface area contributed by atoms with Crippen LogP contribution in [0, 0.1) is 0 Å². The molecule has 0 bridgehead atoms. The van der Waals surface area contributed by atoms with Gasteiger partial charge in [0, 0.05) is 5.56 Å². The summed E-state index contributed by atoms with van der Waals surface area (Å²) in [5, 5.41) is 14.0. The lowest BCUT2D eigenvalue weighted by Gasteiger charge is -2.07. The Hall–Kier alpha value is -2.80. The molecule has 0 amide bonds. The molecule has 7 heteroatoms. The van der Waals surface area contributed by atoms with Gasteiger partial charge in [0.2, 0.25) is 0 Å². The van der Waals surface area contributed by atoms with E-state index in [2.05, 4.69) is 5.10 Å². The third-order valence-corrected chi connectivity index (χ3v) is 4.02. The van der Waals surface area contributed by atoms with Crippen molar-refractivity contribution in [2.45, 2.75) is 19.3 Å². The number of methoxy groups -OCH3 is 1. The van der Waals surface area contributed by atoms with Crippen molar-refractivity contribution in [2.24, 2.45) is 0 Å². The molecule has 1 N–H and O–H groups in total. The first kappa shape index (κ1) is 18.0. The van der Waals surface area contributed by atoms with E-state index in [9.17, 15) is 18.3 Å². The number of rotatable bonds is 5. The fourth-order valence-electron chi connectivity index (χ4n) is 2.59. The van der Waals surface area contributed by atoms with E-state index in [0.717, 1.165) is 23.4 Å². The van der Waals surface area contributed by atoms with E-state index in [-0.39, 0.29) is 6.61 Å². The molecule has 0 saturated carbocycles. The van der Waals surface area contributed by atoms with Crippen LogP contribution in [0.4, 0.5) is 13.2 Å². The summed E-state index contributed by atoms with van der Waals surface area (Å²) in [6.45, 7) is 0.213. The zero-order valence-corrected chi connectivity index (χ0v) is 14.0. The molecule has 0 atom stereocenters. The highest BCUT2D eigenvalue weighted by atomic mass is 19.4. The Morgan fingerprint density at radius 2 is 1.69 bits per heavy atom. The third-order valence-electron chi connectivity index (χ3n) is 4.02. The first-order chi connectivity index (χ1) is 12.4. The van der Waals surface area contributed by atoms with Gasteiger partial charge < -0.3 is 9.84 Å². The molecule has 4 nitrogen and oxygen atoms in total. The Labute approximate surface area is 148 Å². The number of nitrogens with zero attached hydrogens (tertiary/aromatic N) is 2. The number of hydrogen-bond donors (Lipinski definition) is 1. The lowest BCUT2D eigenvalue weighted by molar-refractivity contribution is -0.137. The summed E-state index contributed by atoms with van der Waals surface area (Å²) in [6.07, 6.45) is -4.37. The van der Waals surface area contributed by atoms with E-state index >= 15 is 0 Å². The van der Waals surface area contributed by atoms with Crippen LogP contribution in [0.2, 0.25) is 0 Å². The molecule has 2 aromatic carbocycles. The van der Waals surface area contributed by atoms with E-state index in [1.165, 1.54) is 12.1 Å². The standard InChI is InChI=1S/C19H17F3N2O2/c1-26-17-8-2-13(3-9-17)11-24-16(12-25)10-18(23-24)14-4-6-15(7-5-14)19(20,21)22/h2-10,25H,11-12H2,1H3. The molecule has 0 aliphatic carbocycles. The van der Waals surface area contributed by atoms with Gasteiger partial charge in [-0.15, -0.1) is 0 Å². The van der Waals surface area contributed by atoms with Gasteiger partial charge in [0.05, 0.1) is 37.2 Å². The molecule has 0 radical (unpaired) electrons. The second kappa shape index (κ2) is 7.21. The van der Waals surface area contributed by atoms with Crippen LogP contribution in [0.5, 0.6) is 5.75 Å². The predicted octanol–water partition coefficient (Wildman–Crippen LogP) is 4.12. The Morgan fingerprint density at radius 3 is 2.23 bits per heavy atom. The van der Waals surface area contributed by atoms with Crippen molar-refractivity contribution in [1.82, 2.24) is 9.78 Å². The normalized spacial score (nSPS) is 11.6. The van der Waals surface area contributed by atoms with Gasteiger partial charge in [-0.05, 0) is 35.9 Å². The van der Waals surface area contributed by atoms with Gasteiger partial charge in [0.1, 0.15) is 5.75 Å². The molecule has 1 heterocycles. The molecule has 0 fully saturated rings. The first-order valence-electron chi connectivity index (χ1n) is 7.89. The zero-order valence-electron chi connectivity index (χ0n) is 14.0. The van der Waals surface area contributed by atoms with Crippen LogP contribution in [-0.4, -0.2) is 22.0 Å². The number of ether oxygens (including phenoxy) is 1. The second-order valence-electron chi connectivity index (χ2n) is 5.76. The summed E-state index contributed by atoms with van der Waals surface area (Å²) in [7, 11) is 1.59. The van der Waals surface area contributed by atoms with Gasteiger partial charge in [-0.25, -0.2) is 0 Å². The largest absolute Gasteiger partial charge is 0.497 e. The average molecular weight is 362 g/mol. The lowest BCUT2D eigenvalue weighted by Crippen LogP contribution is -2.06. The number of hydrogen-bond acceptors (Lipinski definition) is 3. The molecule has 0 spiro atoms. The smallest absolute Gasteiger partial charge is 0.416 e. The molecule has 3 aromatic rings. The Kier molecular flexibility index (Phi) is 4.99. The van der Waals surface area contributed by atoms with Gasteiger partial charge in [0.25, 0.3) is 0 Å². The highest BCUT2D eigenvalue weighted by Gasteiger charge is 2.30. The van der Waals surface area contributed by atoms with E-state index in [1.807, 2.05) is 24.3 Å². The quantitative estimate of drug-likeness (QED) is 0.743. The van der Waals surface area contributed by atoms with E-state index < -0.39 is 11.7 Å². The lowest BCUT2D eigenvalue weighted by atomic mass is 10.1. The predicted molar refractivity (Wildman–Crippen MR) is 90.7 cm³/mol. The van der Waals surface area contributed by atoms with E-state index in [0.29, 0.717) is 23.5 Å². The average Bonchev–Trinajstić information content (AvgIpc) is 3.04. The van der Waals surface area contributed by atoms with Crippen molar-refractivity contribution in [2.75, 3.05) is 7.11 Å². The minimum Gasteiger partial charge on any atom is -0.497 e. The summed E-state index contributed by atoms with van der Waals surface area (Å²) in [4.78, 5) is 0. The number of alkyl halides is 3. The molecule has 0 aliphatic rings. The van der Waals surface area contributed by atoms with E-state index in [1.54, 1.807) is 17.9 Å². The van der Waals surface area contributed by atoms with Gasteiger partial charge in [-0.3, -0.25) is 4.68 Å². The molecule has 136 valence electrons. The molecule has 1 aromatic heterocycles. The van der Waals surface area contributed by atoms with Crippen LogP contribution >= 0.6 is 0 Å². The Bertz CT molecular complexity index is 869. The molecule has 0 unspecified atom stereocenters. The number of halogens is 3. The minimum atomic E-state index is -4.37. The number of aromatic nitrogens is 2. The maximum atomic E-state index is 12.7. The highest BCUT2D eigenvalue weighted by Crippen LogP contribution is 2.31. The SMILES string of the molecule is COc1ccc(Cn2nc(-c3ccc(C(F)(F)F)cc3)cc2CO)cc1. The van der Waals surface area contributed by atoms with Crippen molar-refractivity contribution in [1.29, 1.82) is 0 Å². The maximum Gasteiger partial charge on any atom is 0.416 e. The van der Waals surface area contributed by atoms with Gasteiger partial charge >= 0.3 is 6.18 Å². The van der Waals surface area contributed by atoms with Crippen LogP contribution in [0.1, 0.15) is 16.8 Å². The number of aliphatic hydroxyl groups excluding tert-OH is 1. The first-order valence-corrected chi connectivity index (χ1v) is 7.89. The minimum absolute atomic E-state index is 0.218. The van der Waals surface area contributed by atoms with Crippen LogP contribution in [0.3, 0.4) is 0 Å². The Balaban J connectivity index is 1.86. The third kappa shape index (κ3) is 3.88. The number of benzene rings is 2. The Morgan fingerprint density at radius 1 is 1.04 bits per heavy atom. The fourth-order valence-corrected chi connectivity index (χ4v) is 2.59. The molecule has 0 saturated heterocycles. The molecular weight excluding hydrogens is 345 g/mol. The summed E-state index contributed by atoms with van der Waals surface area (Å²) < 4.78 is 44.8.